The van der Waals surface area contributed by atoms with Crippen LogP contribution < -0.4 is 0 Å². The quantitative estimate of drug-likeness (QED) is 0.677. The van der Waals surface area contributed by atoms with E-state index in [4.69, 9.17) is 4.74 Å². The zero-order valence-corrected chi connectivity index (χ0v) is 14.1. The van der Waals surface area contributed by atoms with Crippen LogP contribution in [0.4, 0.5) is 0 Å². The number of carbonyl (C=O) groups is 2. The molecule has 3 unspecified atom stereocenters. The first-order chi connectivity index (χ1) is 10.0. The third-order valence-electron chi connectivity index (χ3n) is 4.61. The molecule has 1 aliphatic rings. The molecule has 0 spiro atoms. The maximum atomic E-state index is 12.6. The lowest BCUT2D eigenvalue weighted by Gasteiger charge is -2.39. The molecule has 3 atom stereocenters. The van der Waals surface area contributed by atoms with Gasteiger partial charge in [0, 0.05) is 19.0 Å². The molecule has 1 amide bonds. The van der Waals surface area contributed by atoms with E-state index in [2.05, 4.69) is 13.8 Å². The van der Waals surface area contributed by atoms with E-state index < -0.39 is 0 Å². The summed E-state index contributed by atoms with van der Waals surface area (Å²) in [5, 5.41) is 0. The van der Waals surface area contributed by atoms with Crippen molar-refractivity contribution >= 4 is 11.9 Å². The average molecular weight is 297 g/mol. The van der Waals surface area contributed by atoms with Gasteiger partial charge in [-0.1, -0.05) is 40.0 Å². The van der Waals surface area contributed by atoms with Crippen molar-refractivity contribution in [3.63, 3.8) is 0 Å². The summed E-state index contributed by atoms with van der Waals surface area (Å²) in [4.78, 5) is 26.2. The number of carbonyl (C=O) groups excluding carboxylic acids is 2. The summed E-state index contributed by atoms with van der Waals surface area (Å²) in [6.45, 7) is 6.66. The van der Waals surface area contributed by atoms with Gasteiger partial charge in [-0.3, -0.25) is 9.59 Å². The second kappa shape index (κ2) is 9.06. The van der Waals surface area contributed by atoms with E-state index in [1.165, 1.54) is 26.4 Å². The average Bonchev–Trinajstić information content (AvgIpc) is 2.50. The topological polar surface area (TPSA) is 46.6 Å². The Hall–Kier alpha value is -1.06. The molecule has 0 aromatic heterocycles. The summed E-state index contributed by atoms with van der Waals surface area (Å²) in [5.74, 6) is 0.238. The normalized spacial score (nSPS) is 23.4. The Labute approximate surface area is 129 Å². The Kier molecular flexibility index (Phi) is 7.76. The second-order valence-corrected chi connectivity index (χ2v) is 6.40. The minimum absolute atomic E-state index is 0.200. The van der Waals surface area contributed by atoms with Gasteiger partial charge in [-0.15, -0.1) is 0 Å². The first kappa shape index (κ1) is 18.0. The zero-order valence-electron chi connectivity index (χ0n) is 14.1. The van der Waals surface area contributed by atoms with Crippen molar-refractivity contribution in [2.75, 3.05) is 13.7 Å². The van der Waals surface area contributed by atoms with Crippen LogP contribution in [0.25, 0.3) is 0 Å². The highest BCUT2D eigenvalue weighted by atomic mass is 16.5. The third kappa shape index (κ3) is 5.33. The molecule has 4 heteroatoms. The number of nitrogens with zero attached hydrogens (tertiary/aromatic N) is 1. The van der Waals surface area contributed by atoms with Crippen molar-refractivity contribution in [3.05, 3.63) is 0 Å². The molecule has 0 radical (unpaired) electrons. The van der Waals surface area contributed by atoms with Crippen LogP contribution in [0.2, 0.25) is 0 Å². The lowest BCUT2D eigenvalue weighted by molar-refractivity contribution is -0.147. The maximum Gasteiger partial charge on any atom is 0.310 e. The van der Waals surface area contributed by atoms with E-state index >= 15 is 0 Å². The molecule has 1 fully saturated rings. The van der Waals surface area contributed by atoms with E-state index in [9.17, 15) is 9.59 Å². The van der Waals surface area contributed by atoms with Crippen LogP contribution >= 0.6 is 0 Å². The Morgan fingerprint density at radius 3 is 2.52 bits per heavy atom. The monoisotopic (exact) mass is 297 g/mol. The molecule has 0 heterocycles. The smallest absolute Gasteiger partial charge is 0.310 e. The summed E-state index contributed by atoms with van der Waals surface area (Å²) < 4.78 is 4.81. The molecule has 122 valence electrons. The molecule has 1 aliphatic carbocycles. The fourth-order valence-electron chi connectivity index (χ4n) is 3.22. The molecule has 4 nitrogen and oxygen atoms in total. The lowest BCUT2D eigenvalue weighted by atomic mass is 9.84. The van der Waals surface area contributed by atoms with Gasteiger partial charge in [0.15, 0.2) is 0 Å². The lowest BCUT2D eigenvalue weighted by Crippen LogP contribution is -2.48. The third-order valence-corrected chi connectivity index (χ3v) is 4.61. The van der Waals surface area contributed by atoms with Crippen molar-refractivity contribution in [1.29, 1.82) is 0 Å². The fourth-order valence-corrected chi connectivity index (χ4v) is 3.22. The van der Waals surface area contributed by atoms with E-state index in [0.29, 0.717) is 18.9 Å². The van der Waals surface area contributed by atoms with Crippen LogP contribution in [0.15, 0.2) is 0 Å². The highest BCUT2D eigenvalue weighted by Crippen LogP contribution is 2.29. The molecule has 0 bridgehead atoms. The molecule has 0 N–H and O–H groups in total. The van der Waals surface area contributed by atoms with Gasteiger partial charge >= 0.3 is 5.97 Å². The molecule has 0 aromatic rings. The maximum absolute atomic E-state index is 12.6. The molecule has 1 rings (SSSR count). The summed E-state index contributed by atoms with van der Waals surface area (Å²) in [5.41, 5.74) is 0. The van der Waals surface area contributed by atoms with Gasteiger partial charge in [-0.05, 0) is 25.2 Å². The zero-order chi connectivity index (χ0) is 15.8. The standard InChI is InChI=1S/C17H31NO3/c1-5-6-11-16(19)18(12-14(3)17(20)21-4)15-10-8-7-9-13(15)2/h13-15H,5-12H2,1-4H3. The minimum Gasteiger partial charge on any atom is -0.469 e. The molecular weight excluding hydrogens is 266 g/mol. The first-order valence-electron chi connectivity index (χ1n) is 8.38. The van der Waals surface area contributed by atoms with Gasteiger partial charge in [0.2, 0.25) is 5.91 Å². The van der Waals surface area contributed by atoms with Crippen LogP contribution in [-0.2, 0) is 14.3 Å². The van der Waals surface area contributed by atoms with Gasteiger partial charge in [0.1, 0.15) is 0 Å². The van der Waals surface area contributed by atoms with E-state index in [0.717, 1.165) is 19.3 Å². The van der Waals surface area contributed by atoms with Gasteiger partial charge in [-0.25, -0.2) is 0 Å². The number of hydrogen-bond acceptors (Lipinski definition) is 3. The Balaban J connectivity index is 2.77. The minimum atomic E-state index is -0.255. The van der Waals surface area contributed by atoms with E-state index in [-0.39, 0.29) is 23.8 Å². The second-order valence-electron chi connectivity index (χ2n) is 6.40. The van der Waals surface area contributed by atoms with Crippen molar-refractivity contribution < 1.29 is 14.3 Å². The Morgan fingerprint density at radius 2 is 1.95 bits per heavy atom. The Morgan fingerprint density at radius 1 is 1.29 bits per heavy atom. The van der Waals surface area contributed by atoms with Crippen molar-refractivity contribution in [3.8, 4) is 0 Å². The molecule has 1 saturated carbocycles. The molecule has 0 saturated heterocycles. The summed E-state index contributed by atoms with van der Waals surface area (Å²) in [6, 6.07) is 0.287. The molecule has 0 aromatic carbocycles. The van der Waals surface area contributed by atoms with Gasteiger partial charge < -0.3 is 9.64 Å². The summed E-state index contributed by atoms with van der Waals surface area (Å²) in [7, 11) is 1.41. The van der Waals surface area contributed by atoms with Gasteiger partial charge in [-0.2, -0.15) is 0 Å². The summed E-state index contributed by atoms with van der Waals surface area (Å²) >= 11 is 0. The predicted molar refractivity (Wildman–Crippen MR) is 83.8 cm³/mol. The van der Waals surface area contributed by atoms with Crippen LogP contribution in [0.5, 0.6) is 0 Å². The fraction of sp³-hybridized carbons (Fsp3) is 0.882. The molecule has 21 heavy (non-hydrogen) atoms. The predicted octanol–water partition coefficient (Wildman–Crippen LogP) is 3.39. The van der Waals surface area contributed by atoms with Crippen molar-refractivity contribution in [2.45, 2.75) is 71.8 Å². The van der Waals surface area contributed by atoms with Crippen LogP contribution in [-0.4, -0.2) is 36.5 Å². The van der Waals surface area contributed by atoms with E-state index in [1.54, 1.807) is 0 Å². The number of ether oxygens (including phenoxy) is 1. The number of methoxy groups -OCH3 is 1. The number of esters is 1. The number of unbranched alkanes of at least 4 members (excludes halogenated alkanes) is 1. The van der Waals surface area contributed by atoms with Crippen LogP contribution in [0.1, 0.15) is 65.7 Å². The van der Waals surface area contributed by atoms with E-state index in [1.807, 2.05) is 11.8 Å². The summed E-state index contributed by atoms with van der Waals surface area (Å²) in [6.07, 6.45) is 7.20. The highest BCUT2D eigenvalue weighted by Gasteiger charge is 2.32. The number of amides is 1. The van der Waals surface area contributed by atoms with Crippen LogP contribution in [0.3, 0.4) is 0 Å². The largest absolute Gasteiger partial charge is 0.469 e. The highest BCUT2D eigenvalue weighted by molar-refractivity contribution is 5.78. The van der Waals surface area contributed by atoms with Gasteiger partial charge in [0.25, 0.3) is 0 Å². The van der Waals surface area contributed by atoms with Gasteiger partial charge in [0.05, 0.1) is 13.0 Å². The van der Waals surface area contributed by atoms with Crippen molar-refractivity contribution in [2.24, 2.45) is 11.8 Å². The number of hydrogen-bond donors (Lipinski definition) is 0. The first-order valence-corrected chi connectivity index (χ1v) is 8.38. The number of rotatable bonds is 7. The van der Waals surface area contributed by atoms with Crippen LogP contribution in [0, 0.1) is 11.8 Å². The SMILES string of the molecule is CCCCC(=O)N(CC(C)C(=O)OC)C1CCCCC1C. The molecular formula is C17H31NO3. The van der Waals surface area contributed by atoms with Crippen molar-refractivity contribution in [1.82, 2.24) is 4.90 Å². The molecule has 0 aliphatic heterocycles. The Bertz CT molecular complexity index is 343.